The van der Waals surface area contributed by atoms with E-state index in [0.29, 0.717) is 12.8 Å². The molecular formula is C8H17O5P. The molecule has 0 aliphatic carbocycles. The lowest BCUT2D eigenvalue weighted by molar-refractivity contribution is 0.151. The molecule has 5 nitrogen and oxygen atoms in total. The van der Waals surface area contributed by atoms with E-state index in [1.54, 1.807) is 0 Å². The van der Waals surface area contributed by atoms with Gasteiger partial charge < -0.3 is 13.8 Å². The Balaban J connectivity index is 4.21. The summed E-state index contributed by atoms with van der Waals surface area (Å²) >= 11 is 0. The largest absolute Gasteiger partial charge is 0.457 e. The number of hydrogen-bond acceptors (Lipinski definition) is 5. The van der Waals surface area contributed by atoms with Crippen LogP contribution in [0.25, 0.3) is 0 Å². The van der Waals surface area contributed by atoms with Crippen LogP contribution in [0.4, 0.5) is 4.79 Å². The maximum atomic E-state index is 11.6. The van der Waals surface area contributed by atoms with Crippen molar-refractivity contribution in [1.29, 1.82) is 0 Å². The van der Waals surface area contributed by atoms with Crippen LogP contribution in [0.3, 0.4) is 0 Å². The van der Waals surface area contributed by atoms with Gasteiger partial charge in [-0.15, -0.1) is 0 Å². The molecule has 0 aromatic heterocycles. The van der Waals surface area contributed by atoms with Crippen molar-refractivity contribution in [2.75, 3.05) is 20.3 Å². The van der Waals surface area contributed by atoms with E-state index in [0.717, 1.165) is 0 Å². The SMILES string of the molecule is CCCOC(=O)P(=O)(OC)OCCC. The van der Waals surface area contributed by atoms with Crippen LogP contribution < -0.4 is 0 Å². The Labute approximate surface area is 84.3 Å². The van der Waals surface area contributed by atoms with Crippen LogP contribution in [0.15, 0.2) is 0 Å². The molecule has 0 N–H and O–H groups in total. The summed E-state index contributed by atoms with van der Waals surface area (Å²) in [5.74, 6) is 0. The highest BCUT2D eigenvalue weighted by molar-refractivity contribution is 7.71. The van der Waals surface area contributed by atoms with E-state index in [1.807, 2.05) is 13.8 Å². The first-order valence-electron chi connectivity index (χ1n) is 4.58. The lowest BCUT2D eigenvalue weighted by atomic mass is 10.5. The summed E-state index contributed by atoms with van der Waals surface area (Å²) in [5.41, 5.74) is -0.907. The third kappa shape index (κ3) is 4.22. The zero-order chi connectivity index (χ0) is 11.0. The topological polar surface area (TPSA) is 61.8 Å². The summed E-state index contributed by atoms with van der Waals surface area (Å²) < 4.78 is 25.7. The molecule has 0 rings (SSSR count). The summed E-state index contributed by atoms with van der Waals surface area (Å²) in [6.07, 6.45) is 1.33. The third-order valence-corrected chi connectivity index (χ3v) is 2.94. The second kappa shape index (κ2) is 6.98. The van der Waals surface area contributed by atoms with Gasteiger partial charge in [-0.25, -0.2) is 9.36 Å². The zero-order valence-corrected chi connectivity index (χ0v) is 9.71. The van der Waals surface area contributed by atoms with Gasteiger partial charge in [-0.1, -0.05) is 13.8 Å². The van der Waals surface area contributed by atoms with E-state index in [4.69, 9.17) is 9.26 Å². The minimum absolute atomic E-state index is 0.215. The van der Waals surface area contributed by atoms with Gasteiger partial charge in [0.15, 0.2) is 0 Å². The van der Waals surface area contributed by atoms with Crippen LogP contribution in [0, 0.1) is 0 Å². The second-order valence-corrected chi connectivity index (χ2v) is 4.61. The zero-order valence-electron chi connectivity index (χ0n) is 8.82. The molecule has 1 unspecified atom stereocenters. The molecule has 1 atom stereocenters. The molecule has 0 aliphatic heterocycles. The minimum Gasteiger partial charge on any atom is -0.457 e. The molecule has 0 bridgehead atoms. The number of hydrogen-bond donors (Lipinski definition) is 0. The quantitative estimate of drug-likeness (QED) is 0.622. The fraction of sp³-hybridized carbons (Fsp3) is 0.875. The fourth-order valence-electron chi connectivity index (χ4n) is 0.660. The van der Waals surface area contributed by atoms with E-state index in [9.17, 15) is 9.36 Å². The van der Waals surface area contributed by atoms with Crippen LogP contribution in [0.5, 0.6) is 0 Å². The molecule has 0 saturated heterocycles. The van der Waals surface area contributed by atoms with E-state index in [2.05, 4.69) is 4.52 Å². The summed E-state index contributed by atoms with van der Waals surface area (Å²) in [7, 11) is -2.53. The van der Waals surface area contributed by atoms with Gasteiger partial charge in [0.25, 0.3) is 0 Å². The summed E-state index contributed by atoms with van der Waals surface area (Å²) in [6.45, 7) is 4.13. The van der Waals surface area contributed by atoms with Gasteiger partial charge >= 0.3 is 13.3 Å². The molecule has 0 aliphatic rings. The van der Waals surface area contributed by atoms with Gasteiger partial charge in [0, 0.05) is 7.11 Å². The van der Waals surface area contributed by atoms with E-state index in [1.165, 1.54) is 7.11 Å². The molecule has 84 valence electrons. The smallest absolute Gasteiger partial charge is 0.438 e. The van der Waals surface area contributed by atoms with Gasteiger partial charge in [-0.05, 0) is 12.8 Å². The molecule has 0 aromatic rings. The van der Waals surface area contributed by atoms with Crippen molar-refractivity contribution in [2.45, 2.75) is 26.7 Å². The highest BCUT2D eigenvalue weighted by Gasteiger charge is 2.35. The Morgan fingerprint density at radius 3 is 2.21 bits per heavy atom. The first kappa shape index (κ1) is 13.6. The third-order valence-electron chi connectivity index (χ3n) is 1.36. The van der Waals surface area contributed by atoms with Crippen molar-refractivity contribution in [3.63, 3.8) is 0 Å². The highest BCUT2D eigenvalue weighted by atomic mass is 31.2. The maximum absolute atomic E-state index is 11.6. The summed E-state index contributed by atoms with van der Waals surface area (Å²) in [5, 5.41) is 0. The predicted molar refractivity (Wildman–Crippen MR) is 52.5 cm³/mol. The van der Waals surface area contributed by atoms with Crippen LogP contribution in [0.1, 0.15) is 26.7 Å². The molecule has 0 amide bonds. The summed E-state index contributed by atoms with van der Waals surface area (Å²) in [4.78, 5) is 11.2. The second-order valence-electron chi connectivity index (χ2n) is 2.63. The lowest BCUT2D eigenvalue weighted by Gasteiger charge is -2.13. The molecule has 0 saturated carbocycles. The first-order chi connectivity index (χ1) is 6.60. The molecule has 0 spiro atoms. The van der Waals surface area contributed by atoms with E-state index >= 15 is 0 Å². The van der Waals surface area contributed by atoms with Crippen LogP contribution in [-0.4, -0.2) is 26.0 Å². The van der Waals surface area contributed by atoms with E-state index in [-0.39, 0.29) is 13.2 Å². The monoisotopic (exact) mass is 224 g/mol. The molecule has 6 heteroatoms. The van der Waals surface area contributed by atoms with Crippen molar-refractivity contribution in [1.82, 2.24) is 0 Å². The van der Waals surface area contributed by atoms with Crippen LogP contribution in [0.2, 0.25) is 0 Å². The number of rotatable bonds is 7. The van der Waals surface area contributed by atoms with Gasteiger partial charge in [0.05, 0.1) is 13.2 Å². The number of ether oxygens (including phenoxy) is 1. The maximum Gasteiger partial charge on any atom is 0.438 e. The van der Waals surface area contributed by atoms with Gasteiger partial charge in [-0.2, -0.15) is 0 Å². The van der Waals surface area contributed by atoms with Crippen LogP contribution >= 0.6 is 7.60 Å². The normalized spacial score (nSPS) is 14.8. The van der Waals surface area contributed by atoms with Crippen molar-refractivity contribution >= 4 is 13.3 Å². The fourth-order valence-corrected chi connectivity index (χ4v) is 1.69. The van der Waals surface area contributed by atoms with Crippen molar-refractivity contribution in [3.05, 3.63) is 0 Å². The van der Waals surface area contributed by atoms with Gasteiger partial charge in [-0.3, -0.25) is 0 Å². The number of carbonyl (C=O) groups is 1. The van der Waals surface area contributed by atoms with Crippen molar-refractivity contribution in [3.8, 4) is 0 Å². The van der Waals surface area contributed by atoms with Crippen LogP contribution in [-0.2, 0) is 18.3 Å². The number of carbonyl (C=O) groups excluding carboxylic acids is 1. The van der Waals surface area contributed by atoms with E-state index < -0.39 is 13.3 Å². The lowest BCUT2D eigenvalue weighted by Crippen LogP contribution is -2.08. The molecule has 0 radical (unpaired) electrons. The van der Waals surface area contributed by atoms with Crippen molar-refractivity contribution < 1.29 is 23.1 Å². The molecule has 14 heavy (non-hydrogen) atoms. The predicted octanol–water partition coefficient (Wildman–Crippen LogP) is 2.80. The van der Waals surface area contributed by atoms with Gasteiger partial charge in [0.2, 0.25) is 0 Å². The average Bonchev–Trinajstić information content (AvgIpc) is 2.22. The Bertz CT molecular complexity index is 216. The average molecular weight is 224 g/mol. The molecular weight excluding hydrogens is 207 g/mol. The Hall–Kier alpha value is -0.380. The molecule has 0 heterocycles. The Kier molecular flexibility index (Phi) is 6.79. The first-order valence-corrected chi connectivity index (χ1v) is 6.12. The minimum atomic E-state index is -3.70. The Morgan fingerprint density at radius 2 is 1.79 bits per heavy atom. The summed E-state index contributed by atoms with van der Waals surface area (Å²) in [6, 6.07) is 0. The van der Waals surface area contributed by atoms with Gasteiger partial charge in [0.1, 0.15) is 0 Å². The molecule has 0 aromatic carbocycles. The Morgan fingerprint density at radius 1 is 1.21 bits per heavy atom. The molecule has 0 fully saturated rings. The van der Waals surface area contributed by atoms with Crippen molar-refractivity contribution in [2.24, 2.45) is 0 Å². The highest BCUT2D eigenvalue weighted by Crippen LogP contribution is 2.49. The standard InChI is InChI=1S/C8H17O5P/c1-4-6-12-8(9)14(10,11-3)13-7-5-2/h4-7H2,1-3H3.